The van der Waals surface area contributed by atoms with Gasteiger partial charge in [0.05, 0.1) is 17.3 Å². The summed E-state index contributed by atoms with van der Waals surface area (Å²) in [6, 6.07) is 19.3. The minimum absolute atomic E-state index is 0.0598. The molecular formula is C20H17Cl2N3O2. The van der Waals surface area contributed by atoms with E-state index in [2.05, 4.69) is 10.4 Å². The van der Waals surface area contributed by atoms with Crippen LogP contribution in [0.4, 0.5) is 0 Å². The zero-order valence-corrected chi connectivity index (χ0v) is 15.8. The Kier molecular flexibility index (Phi) is 6.27. The molecular weight excluding hydrogens is 385 g/mol. The molecule has 0 aliphatic heterocycles. The fraction of sp³-hybridized carbons (Fsp3) is 0.150. The smallest absolute Gasteiger partial charge is 0.287 e. The third-order valence-electron chi connectivity index (χ3n) is 4.06. The molecule has 5 nitrogen and oxygen atoms in total. The summed E-state index contributed by atoms with van der Waals surface area (Å²) < 4.78 is 0.994. The van der Waals surface area contributed by atoms with Gasteiger partial charge in [0.1, 0.15) is 11.6 Å². The molecule has 1 amide bonds. The van der Waals surface area contributed by atoms with Gasteiger partial charge < -0.3 is 5.32 Å². The molecule has 7 heteroatoms. The van der Waals surface area contributed by atoms with E-state index in [1.54, 1.807) is 0 Å². The van der Waals surface area contributed by atoms with Crippen LogP contribution in [0.25, 0.3) is 0 Å². The second-order valence-electron chi connectivity index (χ2n) is 5.99. The average molecular weight is 402 g/mol. The number of rotatable bonds is 6. The number of halogens is 2. The third-order valence-corrected chi connectivity index (χ3v) is 4.80. The minimum Gasteiger partial charge on any atom is -0.347 e. The van der Waals surface area contributed by atoms with E-state index in [-0.39, 0.29) is 28.5 Å². The Morgan fingerprint density at radius 2 is 1.67 bits per heavy atom. The molecule has 0 aliphatic rings. The number of hydrogen-bond donors (Lipinski definition) is 1. The molecule has 0 radical (unpaired) electrons. The van der Waals surface area contributed by atoms with Gasteiger partial charge in [-0.2, -0.15) is 5.10 Å². The Labute approximate surface area is 166 Å². The van der Waals surface area contributed by atoms with Crippen LogP contribution in [0.5, 0.6) is 0 Å². The van der Waals surface area contributed by atoms with Crippen LogP contribution in [0.1, 0.15) is 17.2 Å². The van der Waals surface area contributed by atoms with Crippen LogP contribution in [0, 0.1) is 0 Å². The highest BCUT2D eigenvalue weighted by molar-refractivity contribution is 6.41. The van der Waals surface area contributed by atoms with Crippen LogP contribution in [-0.4, -0.2) is 15.7 Å². The summed E-state index contributed by atoms with van der Waals surface area (Å²) >= 11 is 11.6. The van der Waals surface area contributed by atoms with Crippen molar-refractivity contribution >= 4 is 29.1 Å². The maximum Gasteiger partial charge on any atom is 0.287 e. The molecule has 27 heavy (non-hydrogen) atoms. The molecule has 0 saturated carbocycles. The summed E-state index contributed by atoms with van der Waals surface area (Å²) in [6.45, 7) is -0.242. The Bertz CT molecular complexity index is 976. The molecule has 0 spiro atoms. The van der Waals surface area contributed by atoms with Crippen LogP contribution in [0.3, 0.4) is 0 Å². The first-order chi connectivity index (χ1) is 13.0. The Morgan fingerprint density at radius 1 is 1.04 bits per heavy atom. The number of nitrogens with zero attached hydrogens (tertiary/aromatic N) is 2. The zero-order valence-electron chi connectivity index (χ0n) is 14.3. The lowest BCUT2D eigenvalue weighted by molar-refractivity contribution is -0.122. The van der Waals surface area contributed by atoms with E-state index in [1.165, 1.54) is 6.20 Å². The maximum absolute atomic E-state index is 12.5. The van der Waals surface area contributed by atoms with E-state index < -0.39 is 5.56 Å². The van der Waals surface area contributed by atoms with E-state index in [0.717, 1.165) is 15.8 Å². The molecule has 138 valence electrons. The summed E-state index contributed by atoms with van der Waals surface area (Å²) in [6.07, 6.45) is 1.87. The second-order valence-corrected chi connectivity index (χ2v) is 6.77. The van der Waals surface area contributed by atoms with Gasteiger partial charge in [0.2, 0.25) is 5.91 Å². The van der Waals surface area contributed by atoms with E-state index in [9.17, 15) is 9.59 Å². The van der Waals surface area contributed by atoms with Crippen molar-refractivity contribution in [1.82, 2.24) is 15.1 Å². The lowest BCUT2D eigenvalue weighted by Gasteiger charge is -2.20. The van der Waals surface area contributed by atoms with Gasteiger partial charge >= 0.3 is 0 Å². The highest BCUT2D eigenvalue weighted by Crippen LogP contribution is 2.18. The second kappa shape index (κ2) is 8.84. The summed E-state index contributed by atoms with van der Waals surface area (Å²) in [7, 11) is 0. The van der Waals surface area contributed by atoms with E-state index in [4.69, 9.17) is 23.2 Å². The quantitative estimate of drug-likeness (QED) is 0.685. The molecule has 0 saturated heterocycles. The van der Waals surface area contributed by atoms with Gasteiger partial charge in [-0.3, -0.25) is 9.59 Å². The van der Waals surface area contributed by atoms with Crippen LogP contribution < -0.4 is 10.9 Å². The number of benzene rings is 2. The molecule has 1 atom stereocenters. The number of nitrogens with one attached hydrogen (secondary N) is 1. The lowest BCUT2D eigenvalue weighted by atomic mass is 9.99. The van der Waals surface area contributed by atoms with Crippen LogP contribution in [0.2, 0.25) is 10.0 Å². The lowest BCUT2D eigenvalue weighted by Crippen LogP contribution is -2.36. The molecule has 1 N–H and O–H groups in total. The Balaban J connectivity index is 1.78. The first kappa shape index (κ1) is 19.1. The maximum atomic E-state index is 12.5. The minimum atomic E-state index is -0.598. The standard InChI is InChI=1S/C20H17Cl2N3O2/c21-16-12-23-25(20(27)19(16)22)13-18(26)24-17(15-9-5-2-6-10-15)11-14-7-3-1-4-8-14/h1-10,12,17H,11,13H2,(H,24,26). The predicted molar refractivity (Wildman–Crippen MR) is 106 cm³/mol. The molecule has 0 aliphatic carbocycles. The first-order valence-corrected chi connectivity index (χ1v) is 9.09. The molecule has 3 rings (SSSR count). The average Bonchev–Trinajstić information content (AvgIpc) is 2.69. The predicted octanol–water partition coefficient (Wildman–Crippen LogP) is 3.65. The zero-order chi connectivity index (χ0) is 19.2. The highest BCUT2D eigenvalue weighted by Gasteiger charge is 2.17. The van der Waals surface area contributed by atoms with Crippen molar-refractivity contribution in [3.63, 3.8) is 0 Å². The van der Waals surface area contributed by atoms with E-state index >= 15 is 0 Å². The molecule has 0 fully saturated rings. The third kappa shape index (κ3) is 4.96. The fourth-order valence-electron chi connectivity index (χ4n) is 2.72. The van der Waals surface area contributed by atoms with E-state index in [0.29, 0.717) is 6.42 Å². The number of carbonyl (C=O) groups is 1. The van der Waals surface area contributed by atoms with Crippen molar-refractivity contribution in [2.24, 2.45) is 0 Å². The van der Waals surface area contributed by atoms with Crippen LogP contribution in [-0.2, 0) is 17.8 Å². The van der Waals surface area contributed by atoms with Crippen molar-refractivity contribution in [3.8, 4) is 0 Å². The van der Waals surface area contributed by atoms with Gasteiger partial charge in [-0.05, 0) is 17.5 Å². The van der Waals surface area contributed by atoms with Gasteiger partial charge in [0.15, 0.2) is 0 Å². The van der Waals surface area contributed by atoms with Gasteiger partial charge in [-0.15, -0.1) is 0 Å². The van der Waals surface area contributed by atoms with Crippen LogP contribution >= 0.6 is 23.2 Å². The van der Waals surface area contributed by atoms with Gasteiger partial charge in [0, 0.05) is 0 Å². The van der Waals surface area contributed by atoms with Gasteiger partial charge in [-0.25, -0.2) is 4.68 Å². The van der Waals surface area contributed by atoms with Crippen molar-refractivity contribution in [3.05, 3.63) is 98.4 Å². The Hall–Kier alpha value is -2.63. The molecule has 2 aromatic carbocycles. The largest absolute Gasteiger partial charge is 0.347 e. The Morgan fingerprint density at radius 3 is 2.33 bits per heavy atom. The monoisotopic (exact) mass is 401 g/mol. The van der Waals surface area contributed by atoms with Crippen molar-refractivity contribution in [2.45, 2.75) is 19.0 Å². The molecule has 1 aromatic heterocycles. The summed E-state index contributed by atoms with van der Waals surface area (Å²) in [4.78, 5) is 24.6. The molecule has 3 aromatic rings. The number of carbonyl (C=O) groups excluding carboxylic acids is 1. The molecule has 0 bridgehead atoms. The van der Waals surface area contributed by atoms with Crippen molar-refractivity contribution in [1.29, 1.82) is 0 Å². The number of amides is 1. The fourth-order valence-corrected chi connectivity index (χ4v) is 2.99. The highest BCUT2D eigenvalue weighted by atomic mass is 35.5. The number of aromatic nitrogens is 2. The summed E-state index contributed by atoms with van der Waals surface area (Å²) in [5, 5.41) is 6.76. The number of hydrogen-bond acceptors (Lipinski definition) is 3. The molecule has 1 heterocycles. The topological polar surface area (TPSA) is 64.0 Å². The van der Waals surface area contributed by atoms with Crippen molar-refractivity contribution in [2.75, 3.05) is 0 Å². The summed E-state index contributed by atoms with van der Waals surface area (Å²) in [5.74, 6) is -0.340. The first-order valence-electron chi connectivity index (χ1n) is 8.34. The molecule has 1 unspecified atom stereocenters. The van der Waals surface area contributed by atoms with Crippen molar-refractivity contribution < 1.29 is 4.79 Å². The van der Waals surface area contributed by atoms with Crippen LogP contribution in [0.15, 0.2) is 71.7 Å². The van der Waals surface area contributed by atoms with E-state index in [1.807, 2.05) is 60.7 Å². The normalized spacial score (nSPS) is 11.8. The van der Waals surface area contributed by atoms with Gasteiger partial charge in [-0.1, -0.05) is 83.9 Å². The SMILES string of the molecule is O=C(Cn1ncc(Cl)c(Cl)c1=O)NC(Cc1ccccc1)c1ccccc1. The van der Waals surface area contributed by atoms with Gasteiger partial charge in [0.25, 0.3) is 5.56 Å². The summed E-state index contributed by atoms with van der Waals surface area (Å²) in [5.41, 5.74) is 1.47.